The highest BCUT2D eigenvalue weighted by Gasteiger charge is 2.44. The van der Waals surface area contributed by atoms with Gasteiger partial charge in [-0.3, -0.25) is 9.59 Å². The molecule has 0 amide bonds. The Balaban J connectivity index is 2.25. The Morgan fingerprint density at radius 3 is 2.54 bits per heavy atom. The van der Waals surface area contributed by atoms with Gasteiger partial charge in [0.15, 0.2) is 0 Å². The van der Waals surface area contributed by atoms with E-state index >= 15 is 0 Å². The predicted octanol–water partition coefficient (Wildman–Crippen LogP) is 0.696. The van der Waals surface area contributed by atoms with Gasteiger partial charge in [-0.2, -0.15) is 0 Å². The fraction of sp³-hybridized carbons (Fsp3) is 0.800. The molecule has 2 fully saturated rings. The number of aliphatic hydroxyl groups is 1. The monoisotopic (exact) mass is 182 g/mol. The molecule has 0 aliphatic heterocycles. The Morgan fingerprint density at radius 1 is 1.08 bits per heavy atom. The molecule has 0 aromatic carbocycles. The molecular weight excluding hydrogens is 168 g/mol. The third-order valence-corrected chi connectivity index (χ3v) is 3.25. The van der Waals surface area contributed by atoms with Gasteiger partial charge in [0.05, 0.1) is 12.0 Å². The molecule has 0 unspecified atom stereocenters. The van der Waals surface area contributed by atoms with Gasteiger partial charge in [0.2, 0.25) is 0 Å². The smallest absolute Gasteiger partial charge is 0.139 e. The van der Waals surface area contributed by atoms with Crippen molar-refractivity contribution >= 4 is 11.6 Å². The number of aliphatic hydroxyl groups excluding tert-OH is 1. The summed E-state index contributed by atoms with van der Waals surface area (Å²) in [6, 6.07) is 0. The maximum atomic E-state index is 11.5. The van der Waals surface area contributed by atoms with Gasteiger partial charge in [-0.25, -0.2) is 0 Å². The molecule has 0 spiro atoms. The zero-order valence-corrected chi connectivity index (χ0v) is 7.53. The molecule has 3 heteroatoms. The Hall–Kier alpha value is -0.700. The minimum atomic E-state index is -0.556. The molecule has 1 N–H and O–H groups in total. The molecule has 2 rings (SSSR count). The number of hydrogen-bond acceptors (Lipinski definition) is 3. The second-order valence-corrected chi connectivity index (χ2v) is 4.06. The SMILES string of the molecule is O=C1CCCC(=O)[C@H]2CC[C@@H](O)[C@@H]12. The van der Waals surface area contributed by atoms with Crippen LogP contribution < -0.4 is 0 Å². The van der Waals surface area contributed by atoms with Crippen LogP contribution in [0.1, 0.15) is 32.1 Å². The summed E-state index contributed by atoms with van der Waals surface area (Å²) in [6.07, 6.45) is 2.45. The zero-order valence-electron chi connectivity index (χ0n) is 7.53. The minimum Gasteiger partial charge on any atom is -0.392 e. The molecule has 2 saturated carbocycles. The lowest BCUT2D eigenvalue weighted by Gasteiger charge is -2.16. The van der Waals surface area contributed by atoms with E-state index in [1.807, 2.05) is 0 Å². The van der Waals surface area contributed by atoms with Crippen molar-refractivity contribution in [2.24, 2.45) is 11.8 Å². The van der Waals surface area contributed by atoms with E-state index in [4.69, 9.17) is 0 Å². The van der Waals surface area contributed by atoms with E-state index < -0.39 is 6.10 Å². The Labute approximate surface area is 77.1 Å². The van der Waals surface area contributed by atoms with Crippen LogP contribution in [0, 0.1) is 11.8 Å². The highest BCUT2D eigenvalue weighted by atomic mass is 16.3. The summed E-state index contributed by atoms with van der Waals surface area (Å²) in [4.78, 5) is 23.1. The molecule has 0 saturated heterocycles. The van der Waals surface area contributed by atoms with E-state index in [1.54, 1.807) is 0 Å². The lowest BCUT2D eigenvalue weighted by Crippen LogP contribution is -2.29. The molecule has 0 heterocycles. The second-order valence-electron chi connectivity index (χ2n) is 4.06. The number of fused-ring (bicyclic) bond motifs is 1. The standard InChI is InChI=1S/C10H14O3/c11-7-2-1-3-8(12)10-6(7)4-5-9(10)13/h6,9-10,13H,1-5H2/t6-,9-,10-/m1/s1. The van der Waals surface area contributed by atoms with Gasteiger partial charge in [-0.15, -0.1) is 0 Å². The highest BCUT2D eigenvalue weighted by molar-refractivity contribution is 5.92. The highest BCUT2D eigenvalue weighted by Crippen LogP contribution is 2.37. The first-order chi connectivity index (χ1) is 6.20. The van der Waals surface area contributed by atoms with Crippen LogP contribution in [0.25, 0.3) is 0 Å². The molecule has 72 valence electrons. The average molecular weight is 182 g/mol. The molecule has 0 bridgehead atoms. The molecule has 0 aromatic heterocycles. The van der Waals surface area contributed by atoms with Crippen LogP contribution in [-0.4, -0.2) is 22.8 Å². The quantitative estimate of drug-likeness (QED) is 0.599. The average Bonchev–Trinajstić information content (AvgIpc) is 2.40. The van der Waals surface area contributed by atoms with Crippen LogP contribution in [0.5, 0.6) is 0 Å². The number of hydrogen-bond donors (Lipinski definition) is 1. The number of Topliss-reactive ketones (excluding diaryl/α,β-unsaturated/α-hetero) is 2. The van der Waals surface area contributed by atoms with Crippen molar-refractivity contribution in [2.45, 2.75) is 38.2 Å². The molecule has 3 nitrogen and oxygen atoms in total. The third-order valence-electron chi connectivity index (χ3n) is 3.25. The van der Waals surface area contributed by atoms with Crippen molar-refractivity contribution in [3.63, 3.8) is 0 Å². The van der Waals surface area contributed by atoms with Crippen LogP contribution >= 0.6 is 0 Å². The number of rotatable bonds is 0. The van der Waals surface area contributed by atoms with Crippen molar-refractivity contribution in [1.29, 1.82) is 0 Å². The summed E-state index contributed by atoms with van der Waals surface area (Å²) in [7, 11) is 0. The Morgan fingerprint density at radius 2 is 1.77 bits per heavy atom. The van der Waals surface area contributed by atoms with Crippen molar-refractivity contribution in [3.05, 3.63) is 0 Å². The molecule has 0 aromatic rings. The van der Waals surface area contributed by atoms with E-state index in [0.29, 0.717) is 32.1 Å². The first kappa shape index (κ1) is 8.88. The second kappa shape index (κ2) is 3.22. The normalized spacial score (nSPS) is 40.2. The van der Waals surface area contributed by atoms with Gasteiger partial charge in [0.25, 0.3) is 0 Å². The molecule has 2 aliphatic rings. The lowest BCUT2D eigenvalue weighted by atomic mass is 9.89. The van der Waals surface area contributed by atoms with Crippen molar-refractivity contribution in [3.8, 4) is 0 Å². The molecule has 13 heavy (non-hydrogen) atoms. The van der Waals surface area contributed by atoms with Crippen molar-refractivity contribution in [1.82, 2.24) is 0 Å². The summed E-state index contributed by atoms with van der Waals surface area (Å²) in [5.74, 6) is -0.242. The Bertz CT molecular complexity index is 247. The number of carbonyl (C=O) groups excluding carboxylic acids is 2. The predicted molar refractivity (Wildman–Crippen MR) is 46.1 cm³/mol. The van der Waals surface area contributed by atoms with Crippen LogP contribution in [0.3, 0.4) is 0 Å². The van der Waals surface area contributed by atoms with Crippen LogP contribution in [-0.2, 0) is 9.59 Å². The van der Waals surface area contributed by atoms with Gasteiger partial charge < -0.3 is 5.11 Å². The van der Waals surface area contributed by atoms with Gasteiger partial charge in [-0.05, 0) is 19.3 Å². The van der Waals surface area contributed by atoms with E-state index in [9.17, 15) is 14.7 Å². The zero-order chi connectivity index (χ0) is 9.42. The maximum absolute atomic E-state index is 11.5. The van der Waals surface area contributed by atoms with E-state index in [2.05, 4.69) is 0 Å². The van der Waals surface area contributed by atoms with Crippen LogP contribution in [0.15, 0.2) is 0 Å². The maximum Gasteiger partial charge on any atom is 0.139 e. The lowest BCUT2D eigenvalue weighted by molar-refractivity contribution is -0.131. The van der Waals surface area contributed by atoms with E-state index in [-0.39, 0.29) is 23.4 Å². The van der Waals surface area contributed by atoms with Crippen LogP contribution in [0.2, 0.25) is 0 Å². The first-order valence-electron chi connectivity index (χ1n) is 4.93. The van der Waals surface area contributed by atoms with Crippen molar-refractivity contribution < 1.29 is 14.7 Å². The van der Waals surface area contributed by atoms with E-state index in [0.717, 1.165) is 0 Å². The molecule has 2 aliphatic carbocycles. The number of ketones is 2. The van der Waals surface area contributed by atoms with Crippen molar-refractivity contribution in [2.75, 3.05) is 0 Å². The summed E-state index contributed by atoms with van der Waals surface area (Å²) >= 11 is 0. The fourth-order valence-corrected chi connectivity index (χ4v) is 2.57. The third kappa shape index (κ3) is 1.41. The summed E-state index contributed by atoms with van der Waals surface area (Å²) in [5, 5.41) is 9.56. The molecular formula is C10H14O3. The van der Waals surface area contributed by atoms with Gasteiger partial charge in [0.1, 0.15) is 11.6 Å². The topological polar surface area (TPSA) is 54.4 Å². The first-order valence-corrected chi connectivity index (χ1v) is 4.93. The summed E-state index contributed by atoms with van der Waals surface area (Å²) < 4.78 is 0. The van der Waals surface area contributed by atoms with Gasteiger partial charge in [-0.1, -0.05) is 0 Å². The minimum absolute atomic E-state index is 0.0980. The summed E-state index contributed by atoms with van der Waals surface area (Å²) in [6.45, 7) is 0. The Kier molecular flexibility index (Phi) is 2.20. The molecule has 3 atom stereocenters. The fourth-order valence-electron chi connectivity index (χ4n) is 2.57. The van der Waals surface area contributed by atoms with E-state index in [1.165, 1.54) is 0 Å². The van der Waals surface area contributed by atoms with Gasteiger partial charge in [0, 0.05) is 18.8 Å². The summed E-state index contributed by atoms with van der Waals surface area (Å²) in [5.41, 5.74) is 0. The van der Waals surface area contributed by atoms with Gasteiger partial charge >= 0.3 is 0 Å². The largest absolute Gasteiger partial charge is 0.392 e. The van der Waals surface area contributed by atoms with Crippen LogP contribution in [0.4, 0.5) is 0 Å². The number of carbonyl (C=O) groups is 2. The molecule has 0 radical (unpaired) electrons.